The number of amides is 2. The Labute approximate surface area is 141 Å². The van der Waals surface area contributed by atoms with E-state index >= 15 is 0 Å². The van der Waals surface area contributed by atoms with Crippen LogP contribution in [0.15, 0.2) is 18.2 Å². The van der Waals surface area contributed by atoms with Crippen molar-refractivity contribution in [1.82, 2.24) is 10.2 Å². The minimum Gasteiger partial charge on any atom is -0.504 e. The van der Waals surface area contributed by atoms with Crippen molar-refractivity contribution in [2.75, 3.05) is 27.3 Å². The second-order valence-electron chi connectivity index (χ2n) is 6.36. The molecule has 24 heavy (non-hydrogen) atoms. The third-order valence-corrected chi connectivity index (χ3v) is 4.73. The normalized spacial score (nSPS) is 23.0. The van der Waals surface area contributed by atoms with E-state index in [2.05, 4.69) is 5.32 Å². The van der Waals surface area contributed by atoms with E-state index in [9.17, 15) is 14.7 Å². The van der Waals surface area contributed by atoms with Crippen LogP contribution < -0.4 is 10.1 Å². The fourth-order valence-electron chi connectivity index (χ4n) is 2.92. The van der Waals surface area contributed by atoms with Crippen molar-refractivity contribution in [3.05, 3.63) is 23.8 Å². The lowest BCUT2D eigenvalue weighted by molar-refractivity contribution is -0.152. The molecule has 0 bridgehead atoms. The second kappa shape index (κ2) is 6.98. The maximum Gasteiger partial charge on any atom is 0.317 e. The van der Waals surface area contributed by atoms with E-state index < -0.39 is 5.41 Å². The van der Waals surface area contributed by atoms with E-state index in [0.717, 1.165) is 5.56 Å². The summed E-state index contributed by atoms with van der Waals surface area (Å²) >= 11 is 0. The van der Waals surface area contributed by atoms with Gasteiger partial charge < -0.3 is 24.8 Å². The number of carbonyl (C=O) groups excluding carboxylic acids is 2. The SMILES string of the molecule is COC(=O)[C@]1(C)CN(C(=O)NCc2ccc(O)c(OC)c2)C[C@H]1C. The summed E-state index contributed by atoms with van der Waals surface area (Å²) in [7, 11) is 2.83. The first-order valence-electron chi connectivity index (χ1n) is 7.79. The highest BCUT2D eigenvalue weighted by Crippen LogP contribution is 2.36. The van der Waals surface area contributed by atoms with Crippen LogP contribution in [-0.2, 0) is 16.1 Å². The molecule has 1 aromatic rings. The molecule has 0 aromatic heterocycles. The molecular weight excluding hydrogens is 312 g/mol. The number of phenols is 1. The van der Waals surface area contributed by atoms with Gasteiger partial charge in [-0.3, -0.25) is 4.79 Å². The Morgan fingerprint density at radius 2 is 2.12 bits per heavy atom. The van der Waals surface area contributed by atoms with E-state index in [1.165, 1.54) is 20.3 Å². The van der Waals surface area contributed by atoms with Crippen LogP contribution in [-0.4, -0.2) is 49.3 Å². The van der Waals surface area contributed by atoms with Gasteiger partial charge in [0.15, 0.2) is 11.5 Å². The zero-order valence-electron chi connectivity index (χ0n) is 14.5. The van der Waals surface area contributed by atoms with Crippen LogP contribution in [0.5, 0.6) is 11.5 Å². The van der Waals surface area contributed by atoms with E-state index in [-0.39, 0.29) is 23.7 Å². The van der Waals surface area contributed by atoms with Crippen molar-refractivity contribution in [3.8, 4) is 11.5 Å². The van der Waals surface area contributed by atoms with Gasteiger partial charge in [0.25, 0.3) is 0 Å². The fourth-order valence-corrected chi connectivity index (χ4v) is 2.92. The highest BCUT2D eigenvalue weighted by atomic mass is 16.5. The number of hydrogen-bond acceptors (Lipinski definition) is 5. The molecule has 0 radical (unpaired) electrons. The topological polar surface area (TPSA) is 88.1 Å². The maximum absolute atomic E-state index is 12.4. The van der Waals surface area contributed by atoms with Gasteiger partial charge in [0.05, 0.1) is 19.6 Å². The van der Waals surface area contributed by atoms with Crippen molar-refractivity contribution >= 4 is 12.0 Å². The maximum atomic E-state index is 12.4. The second-order valence-corrected chi connectivity index (χ2v) is 6.36. The number of likely N-dealkylation sites (tertiary alicyclic amines) is 1. The van der Waals surface area contributed by atoms with Crippen LogP contribution in [0.3, 0.4) is 0 Å². The summed E-state index contributed by atoms with van der Waals surface area (Å²) in [4.78, 5) is 26.0. The number of ether oxygens (including phenoxy) is 2. The number of benzene rings is 1. The summed E-state index contributed by atoms with van der Waals surface area (Å²) in [6, 6.07) is 4.66. The van der Waals surface area contributed by atoms with Crippen molar-refractivity contribution in [2.45, 2.75) is 20.4 Å². The number of nitrogens with zero attached hydrogens (tertiary/aromatic N) is 1. The lowest BCUT2D eigenvalue weighted by Crippen LogP contribution is -2.41. The Kier molecular flexibility index (Phi) is 5.21. The van der Waals surface area contributed by atoms with Gasteiger partial charge in [0.2, 0.25) is 0 Å². The minimum absolute atomic E-state index is 0.0180. The summed E-state index contributed by atoms with van der Waals surface area (Å²) in [5.74, 6) is 0.127. The number of methoxy groups -OCH3 is 2. The number of aromatic hydroxyl groups is 1. The molecule has 7 nitrogen and oxygen atoms in total. The van der Waals surface area contributed by atoms with E-state index in [4.69, 9.17) is 9.47 Å². The van der Waals surface area contributed by atoms with Gasteiger partial charge in [-0.25, -0.2) is 4.79 Å². The standard InChI is InChI=1S/C17H24N2O5/c1-11-9-19(10-17(11,2)15(21)24-4)16(22)18-8-12-5-6-13(20)14(7-12)23-3/h5-7,11,20H,8-10H2,1-4H3,(H,18,22)/t11-,17-/m1/s1. The molecule has 2 amide bonds. The molecule has 0 unspecified atom stereocenters. The highest BCUT2D eigenvalue weighted by Gasteiger charge is 2.48. The summed E-state index contributed by atoms with van der Waals surface area (Å²) in [6.07, 6.45) is 0. The lowest BCUT2D eigenvalue weighted by Gasteiger charge is -2.24. The highest BCUT2D eigenvalue weighted by molar-refractivity contribution is 5.81. The molecule has 7 heteroatoms. The minimum atomic E-state index is -0.687. The largest absolute Gasteiger partial charge is 0.504 e. The molecule has 1 aromatic carbocycles. The first kappa shape index (κ1) is 17.9. The van der Waals surface area contributed by atoms with Crippen LogP contribution >= 0.6 is 0 Å². The third kappa shape index (κ3) is 3.39. The number of phenolic OH excluding ortho intramolecular Hbond substituents is 1. The Balaban J connectivity index is 1.98. The lowest BCUT2D eigenvalue weighted by atomic mass is 9.81. The Hall–Kier alpha value is -2.44. The summed E-state index contributed by atoms with van der Waals surface area (Å²) in [5, 5.41) is 12.4. The van der Waals surface area contributed by atoms with Crippen LogP contribution in [0, 0.1) is 11.3 Å². The Morgan fingerprint density at radius 3 is 2.75 bits per heavy atom. The predicted molar refractivity (Wildman–Crippen MR) is 87.8 cm³/mol. The molecule has 2 rings (SSSR count). The number of urea groups is 1. The van der Waals surface area contributed by atoms with Gasteiger partial charge >= 0.3 is 12.0 Å². The summed E-state index contributed by atoms with van der Waals surface area (Å²) in [6.45, 7) is 4.88. The van der Waals surface area contributed by atoms with Gasteiger partial charge in [-0.1, -0.05) is 13.0 Å². The molecule has 132 valence electrons. The van der Waals surface area contributed by atoms with Crippen LogP contribution in [0.1, 0.15) is 19.4 Å². The predicted octanol–water partition coefficient (Wildman–Crippen LogP) is 1.74. The van der Waals surface area contributed by atoms with E-state index in [1.807, 2.05) is 13.8 Å². The number of nitrogens with one attached hydrogen (secondary N) is 1. The van der Waals surface area contributed by atoms with Gasteiger partial charge in [-0.05, 0) is 30.5 Å². The Morgan fingerprint density at radius 1 is 1.42 bits per heavy atom. The molecule has 0 spiro atoms. The van der Waals surface area contributed by atoms with Crippen LogP contribution in [0.25, 0.3) is 0 Å². The molecule has 1 saturated heterocycles. The monoisotopic (exact) mass is 336 g/mol. The fraction of sp³-hybridized carbons (Fsp3) is 0.529. The zero-order chi connectivity index (χ0) is 17.9. The first-order valence-corrected chi connectivity index (χ1v) is 7.79. The summed E-state index contributed by atoms with van der Waals surface area (Å²) in [5.41, 5.74) is 0.120. The molecule has 1 aliphatic rings. The molecule has 1 heterocycles. The van der Waals surface area contributed by atoms with Gasteiger partial charge in [-0.15, -0.1) is 0 Å². The van der Waals surface area contributed by atoms with Crippen molar-refractivity contribution < 1.29 is 24.2 Å². The molecule has 0 aliphatic carbocycles. The van der Waals surface area contributed by atoms with Crippen LogP contribution in [0.2, 0.25) is 0 Å². The molecule has 2 atom stereocenters. The number of carbonyl (C=O) groups is 2. The average Bonchev–Trinajstić information content (AvgIpc) is 2.89. The number of rotatable bonds is 4. The van der Waals surface area contributed by atoms with Crippen molar-refractivity contribution in [2.24, 2.45) is 11.3 Å². The molecule has 2 N–H and O–H groups in total. The molecular formula is C17H24N2O5. The number of hydrogen-bond donors (Lipinski definition) is 2. The van der Waals surface area contributed by atoms with E-state index in [1.54, 1.807) is 17.0 Å². The first-order chi connectivity index (χ1) is 11.3. The summed E-state index contributed by atoms with van der Waals surface area (Å²) < 4.78 is 9.91. The quantitative estimate of drug-likeness (QED) is 0.818. The molecule has 0 saturated carbocycles. The van der Waals surface area contributed by atoms with Crippen molar-refractivity contribution in [1.29, 1.82) is 0 Å². The zero-order valence-corrected chi connectivity index (χ0v) is 14.5. The van der Waals surface area contributed by atoms with Gasteiger partial charge in [0, 0.05) is 19.6 Å². The van der Waals surface area contributed by atoms with Crippen molar-refractivity contribution in [3.63, 3.8) is 0 Å². The Bertz CT molecular complexity index is 633. The van der Waals surface area contributed by atoms with E-state index in [0.29, 0.717) is 25.4 Å². The smallest absolute Gasteiger partial charge is 0.317 e. The molecule has 1 aliphatic heterocycles. The third-order valence-electron chi connectivity index (χ3n) is 4.73. The van der Waals surface area contributed by atoms with Gasteiger partial charge in [-0.2, -0.15) is 0 Å². The molecule has 1 fully saturated rings. The average molecular weight is 336 g/mol. The number of esters is 1. The van der Waals surface area contributed by atoms with Gasteiger partial charge in [0.1, 0.15) is 0 Å². The van der Waals surface area contributed by atoms with Crippen LogP contribution in [0.4, 0.5) is 4.79 Å².